The van der Waals surface area contributed by atoms with Crippen LogP contribution in [0.5, 0.6) is 0 Å². The molecule has 4 aromatic heterocycles. The van der Waals surface area contributed by atoms with Gasteiger partial charge in [-0.15, -0.1) is 29.8 Å². The first-order chi connectivity index (χ1) is 31.7. The zero-order valence-corrected chi connectivity index (χ0v) is 37.3. The molecule has 0 amide bonds. The maximum atomic E-state index is 17.2. The van der Waals surface area contributed by atoms with Gasteiger partial charge in [0.2, 0.25) is 0 Å². The normalized spacial score (nSPS) is 13.5. The van der Waals surface area contributed by atoms with Crippen molar-refractivity contribution in [1.82, 2.24) is 18.9 Å². The number of imidazole rings is 1. The van der Waals surface area contributed by atoms with Crippen molar-refractivity contribution >= 4 is 95.1 Å². The fourth-order valence-electron chi connectivity index (χ4n) is 10.6. The Morgan fingerprint density at radius 1 is 0.508 bits per heavy atom. The zero-order chi connectivity index (χ0) is 42.4. The average molecular weight is 944 g/mol. The maximum absolute atomic E-state index is 17.2. The summed E-state index contributed by atoms with van der Waals surface area (Å²) in [6.45, 7) is 0. The molecule has 5 heterocycles. The van der Waals surface area contributed by atoms with Crippen LogP contribution in [0, 0.1) is 12.1 Å². The summed E-state index contributed by atoms with van der Waals surface area (Å²) < 4.78 is 21.4. The molecule has 0 saturated carbocycles. The molecule has 0 bridgehead atoms. The van der Waals surface area contributed by atoms with Gasteiger partial charge in [0.1, 0.15) is 11.8 Å². The molecule has 5 nitrogen and oxygen atoms in total. The number of benzene rings is 8. The second-order valence-electron chi connectivity index (χ2n) is 16.4. The van der Waals surface area contributed by atoms with E-state index in [0.29, 0.717) is 16.8 Å². The fourth-order valence-corrected chi connectivity index (χ4v) is 15.9. The molecule has 12 aromatic rings. The Kier molecular flexibility index (Phi) is 9.25. The smallest absolute Gasteiger partial charge is 0.340 e. The number of anilines is 3. The second kappa shape index (κ2) is 15.4. The Morgan fingerprint density at radius 3 is 1.98 bits per heavy atom. The van der Waals surface area contributed by atoms with Crippen molar-refractivity contribution in [3.63, 3.8) is 0 Å². The van der Waals surface area contributed by atoms with E-state index < -0.39 is 14.2 Å². The third-order valence-electron chi connectivity index (χ3n) is 13.1. The van der Waals surface area contributed by atoms with E-state index in [1.807, 2.05) is 60.9 Å². The predicted molar refractivity (Wildman–Crippen MR) is 261 cm³/mol. The molecule has 13 rings (SSSR count). The van der Waals surface area contributed by atoms with Gasteiger partial charge in [0, 0.05) is 51.9 Å². The van der Waals surface area contributed by atoms with E-state index in [0.717, 1.165) is 60.6 Å². The van der Waals surface area contributed by atoms with Crippen LogP contribution in [-0.4, -0.2) is 27.0 Å². The standard InChI is InChI=1S/C57H36FN5Si.Pd/c58-54(39-29-30-44-45-24-10-11-26-48(45)61-35-34-60-56(61)47(44)37-39)38-16-14-19-41(36-38)63-50-31-32-51-55(53(50)46-25-15-33-59-57(46)63)64(42-20-6-2-7-21-42,43-22-8-3-9-23-43)52-28-13-12-27-49(52)62(51)40-17-4-1-5-18-40;/h1-35,54H;/q-2;+2. The summed E-state index contributed by atoms with van der Waals surface area (Å²) in [5.41, 5.74) is 8.51. The summed E-state index contributed by atoms with van der Waals surface area (Å²) in [6, 6.07) is 75.4. The van der Waals surface area contributed by atoms with Crippen LogP contribution in [0.15, 0.2) is 213 Å². The fraction of sp³-hybridized carbons (Fsp3) is 0.0175. The summed E-state index contributed by atoms with van der Waals surface area (Å²) in [4.78, 5) is 12.2. The summed E-state index contributed by atoms with van der Waals surface area (Å²) in [6.07, 6.45) is 4.09. The van der Waals surface area contributed by atoms with Gasteiger partial charge in [-0.25, -0.2) is 9.37 Å². The van der Waals surface area contributed by atoms with E-state index >= 15 is 4.39 Å². The summed E-state index contributed by atoms with van der Waals surface area (Å²) in [7, 11) is -3.11. The minimum Gasteiger partial charge on any atom is -0.340 e. The maximum Gasteiger partial charge on any atom is 2.00 e. The van der Waals surface area contributed by atoms with Gasteiger partial charge in [0.05, 0.1) is 11.2 Å². The third kappa shape index (κ3) is 5.71. The van der Waals surface area contributed by atoms with Gasteiger partial charge in [-0.1, -0.05) is 137 Å². The molecule has 1 unspecified atom stereocenters. The van der Waals surface area contributed by atoms with E-state index in [2.05, 4.69) is 177 Å². The van der Waals surface area contributed by atoms with Gasteiger partial charge < -0.3 is 13.9 Å². The van der Waals surface area contributed by atoms with Crippen LogP contribution in [0.1, 0.15) is 17.3 Å². The number of pyridine rings is 2. The Bertz CT molecular complexity index is 3740. The molecule has 8 aromatic carbocycles. The molecule has 0 aliphatic carbocycles. The Morgan fingerprint density at radius 2 is 1.18 bits per heavy atom. The van der Waals surface area contributed by atoms with Crippen LogP contribution < -0.4 is 25.6 Å². The van der Waals surface area contributed by atoms with Crippen LogP contribution in [0.25, 0.3) is 54.9 Å². The van der Waals surface area contributed by atoms with Crippen LogP contribution >= 0.6 is 0 Å². The largest absolute Gasteiger partial charge is 2.00 e. The molecule has 1 aliphatic rings. The molecule has 8 heteroatoms. The number of halogens is 1. The molecule has 310 valence electrons. The number of fused-ring (bicyclic) bond motifs is 12. The van der Waals surface area contributed by atoms with Crippen molar-refractivity contribution in [2.75, 3.05) is 4.90 Å². The summed E-state index contributed by atoms with van der Waals surface area (Å²) in [5, 5.41) is 10.2. The van der Waals surface area contributed by atoms with Gasteiger partial charge in [0.15, 0.2) is 8.07 Å². The zero-order valence-electron chi connectivity index (χ0n) is 34.7. The molecule has 1 atom stereocenters. The first-order valence-corrected chi connectivity index (χ1v) is 23.5. The molecular weight excluding hydrogens is 908 g/mol. The minimum atomic E-state index is -3.11. The van der Waals surface area contributed by atoms with Crippen molar-refractivity contribution in [3.05, 3.63) is 236 Å². The van der Waals surface area contributed by atoms with Gasteiger partial charge in [-0.2, -0.15) is 18.2 Å². The molecular formula is C57H36FN5PdSi. The molecule has 65 heavy (non-hydrogen) atoms. The van der Waals surface area contributed by atoms with Crippen molar-refractivity contribution in [2.45, 2.75) is 6.17 Å². The topological polar surface area (TPSA) is 38.4 Å². The van der Waals surface area contributed by atoms with E-state index in [9.17, 15) is 0 Å². The van der Waals surface area contributed by atoms with E-state index in [1.165, 1.54) is 26.4 Å². The number of hydrogen-bond acceptors (Lipinski definition) is 3. The van der Waals surface area contributed by atoms with E-state index in [1.54, 1.807) is 6.20 Å². The molecule has 1 aliphatic heterocycles. The third-order valence-corrected chi connectivity index (χ3v) is 18.0. The van der Waals surface area contributed by atoms with Crippen LogP contribution in [0.3, 0.4) is 0 Å². The number of hydrogen-bond donors (Lipinski definition) is 0. The predicted octanol–water partition coefficient (Wildman–Crippen LogP) is 11.0. The first kappa shape index (κ1) is 39.1. The van der Waals surface area contributed by atoms with Gasteiger partial charge >= 0.3 is 20.4 Å². The van der Waals surface area contributed by atoms with Crippen molar-refractivity contribution in [2.24, 2.45) is 0 Å². The first-order valence-electron chi connectivity index (χ1n) is 21.5. The molecule has 0 N–H and O–H groups in total. The van der Waals surface area contributed by atoms with Gasteiger partial charge in [-0.05, 0) is 74.7 Å². The SMILES string of the molecule is FC(c1[c-]c(-n2c3ccc4c(c3c3cccnc32)[Si](c2ccccc2)(c2ccccc2)c2ccccc2N4c2ccccc2)ccc1)c1[c-]c2c(cc1)c1ccccc1n1ccnc21.[Pd+2]. The number of para-hydroxylation sites is 3. The monoisotopic (exact) mass is 943 g/mol. The van der Waals surface area contributed by atoms with Gasteiger partial charge in [0.25, 0.3) is 0 Å². The van der Waals surface area contributed by atoms with Gasteiger partial charge in [-0.3, -0.25) is 4.98 Å². The Balaban J connectivity index is 0.00000444. The number of nitrogens with zero attached hydrogens (tertiary/aromatic N) is 5. The summed E-state index contributed by atoms with van der Waals surface area (Å²) in [5.74, 6) is 0. The molecule has 0 radical (unpaired) electrons. The van der Waals surface area contributed by atoms with Crippen molar-refractivity contribution in [1.29, 1.82) is 0 Å². The van der Waals surface area contributed by atoms with Crippen LogP contribution in [-0.2, 0) is 20.4 Å². The minimum absolute atomic E-state index is 0. The van der Waals surface area contributed by atoms with Crippen molar-refractivity contribution in [3.8, 4) is 5.69 Å². The Hall–Kier alpha value is -7.47. The summed E-state index contributed by atoms with van der Waals surface area (Å²) >= 11 is 0. The molecule has 0 spiro atoms. The van der Waals surface area contributed by atoms with Crippen molar-refractivity contribution < 1.29 is 24.8 Å². The number of aromatic nitrogens is 4. The van der Waals surface area contributed by atoms with Crippen LogP contribution in [0.2, 0.25) is 0 Å². The number of rotatable bonds is 6. The second-order valence-corrected chi connectivity index (χ2v) is 20.1. The number of alkyl halides is 1. The van der Waals surface area contributed by atoms with E-state index in [4.69, 9.17) is 4.98 Å². The van der Waals surface area contributed by atoms with E-state index in [-0.39, 0.29) is 20.4 Å². The molecule has 0 saturated heterocycles. The average Bonchev–Trinajstić information content (AvgIpc) is 4.00. The van der Waals surface area contributed by atoms with Crippen LogP contribution in [0.4, 0.5) is 21.5 Å². The quantitative estimate of drug-likeness (QED) is 0.0947. The Labute approximate surface area is 389 Å². The molecule has 0 fully saturated rings.